The molecule has 0 unspecified atom stereocenters. The molecule has 4 rings (SSSR count). The van der Waals surface area contributed by atoms with E-state index in [0.717, 1.165) is 0 Å². The minimum Gasteiger partial charge on any atom is -0.382 e. The first kappa shape index (κ1) is 41.3. The Morgan fingerprint density at radius 1 is 0.318 bits per heavy atom. The van der Waals surface area contributed by atoms with Crippen LogP contribution in [0.1, 0.15) is 0 Å². The molecule has 0 N–H and O–H groups in total. The molecule has 0 aliphatic rings. The summed E-state index contributed by atoms with van der Waals surface area (Å²) in [5.41, 5.74) is 5.36. The SMILES string of the molecule is COCCOC.COCCOC.COCCOC.[Li+].c1ccc([B-](c2ccccc2)(c2ccccc2)c2ccccc2)cc1. The smallest absolute Gasteiger partial charge is 0.382 e. The van der Waals surface area contributed by atoms with Crippen LogP contribution in [0, 0.1) is 0 Å². The molecular weight excluding hydrogens is 546 g/mol. The van der Waals surface area contributed by atoms with Crippen molar-refractivity contribution in [1.29, 1.82) is 0 Å². The third-order valence-electron chi connectivity index (χ3n) is 6.67. The molecule has 8 heteroatoms. The van der Waals surface area contributed by atoms with Gasteiger partial charge in [-0.25, -0.2) is 0 Å². The maximum atomic E-state index is 4.66. The molecule has 44 heavy (non-hydrogen) atoms. The topological polar surface area (TPSA) is 55.4 Å². The summed E-state index contributed by atoms with van der Waals surface area (Å²) in [7, 11) is 9.91. The van der Waals surface area contributed by atoms with Gasteiger partial charge in [0.15, 0.2) is 0 Å². The molecule has 0 aliphatic carbocycles. The number of hydrogen-bond donors (Lipinski definition) is 0. The summed E-state index contributed by atoms with van der Waals surface area (Å²) in [5, 5.41) is 0. The van der Waals surface area contributed by atoms with Crippen molar-refractivity contribution >= 4 is 28.0 Å². The second-order valence-electron chi connectivity index (χ2n) is 9.47. The third kappa shape index (κ3) is 14.9. The Labute approximate surface area is 278 Å². The van der Waals surface area contributed by atoms with Gasteiger partial charge in [0.1, 0.15) is 6.15 Å². The second-order valence-corrected chi connectivity index (χ2v) is 9.47. The molecule has 0 radical (unpaired) electrons. The summed E-state index contributed by atoms with van der Waals surface area (Å²) in [6, 6.07) is 43.5. The van der Waals surface area contributed by atoms with Crippen molar-refractivity contribution in [2.75, 3.05) is 82.3 Å². The summed E-state index contributed by atoms with van der Waals surface area (Å²) in [6.45, 7) is 4.15. The average molecular weight is 597 g/mol. The second kappa shape index (κ2) is 27.8. The molecule has 4 aromatic rings. The van der Waals surface area contributed by atoms with Crippen LogP contribution in [0.2, 0.25) is 0 Å². The Bertz CT molecular complexity index is 944. The van der Waals surface area contributed by atoms with E-state index < -0.39 is 6.15 Å². The summed E-state index contributed by atoms with van der Waals surface area (Å²) >= 11 is 0. The van der Waals surface area contributed by atoms with Crippen LogP contribution < -0.4 is 40.7 Å². The predicted molar refractivity (Wildman–Crippen MR) is 181 cm³/mol. The summed E-state index contributed by atoms with van der Waals surface area (Å²) in [6.07, 6.45) is -1.22. The quantitative estimate of drug-likeness (QED) is 0.169. The van der Waals surface area contributed by atoms with Gasteiger partial charge in [0.2, 0.25) is 0 Å². The minimum absolute atomic E-state index is 0. The molecule has 0 heterocycles. The van der Waals surface area contributed by atoms with Gasteiger partial charge in [0.05, 0.1) is 39.6 Å². The standard InChI is InChI=1S/C24H20B.3C4H10O2.Li/c1-5-13-21(14-6-1)25(22-15-7-2-8-16-22,23-17-9-3-10-18-23)24-19-11-4-12-20-24;3*1-5-3-4-6-2;/h1-20H;3*3-4H2,1-2H3;/q-1;;;;+1. The van der Waals surface area contributed by atoms with E-state index >= 15 is 0 Å². The van der Waals surface area contributed by atoms with Gasteiger partial charge in [-0.15, -0.1) is 0 Å². The number of hydrogen-bond acceptors (Lipinski definition) is 6. The van der Waals surface area contributed by atoms with Gasteiger partial charge in [-0.1, -0.05) is 121 Å². The molecule has 234 valence electrons. The number of methoxy groups -OCH3 is 6. The van der Waals surface area contributed by atoms with Gasteiger partial charge < -0.3 is 28.4 Å². The first-order chi connectivity index (χ1) is 21.2. The van der Waals surface area contributed by atoms with Crippen LogP contribution in [0.3, 0.4) is 0 Å². The zero-order valence-electron chi connectivity index (χ0n) is 27.8. The van der Waals surface area contributed by atoms with Gasteiger partial charge in [-0.05, 0) is 0 Å². The number of benzene rings is 4. The normalized spacial score (nSPS) is 10.0. The van der Waals surface area contributed by atoms with Gasteiger partial charge in [0.25, 0.3) is 0 Å². The van der Waals surface area contributed by atoms with E-state index in [1.165, 1.54) is 21.9 Å². The molecule has 0 spiro atoms. The van der Waals surface area contributed by atoms with Crippen molar-refractivity contribution in [2.24, 2.45) is 0 Å². The fourth-order valence-corrected chi connectivity index (χ4v) is 4.62. The Morgan fingerprint density at radius 3 is 0.614 bits per heavy atom. The van der Waals surface area contributed by atoms with E-state index in [1.54, 1.807) is 42.7 Å². The number of rotatable bonds is 13. The van der Waals surface area contributed by atoms with E-state index in [4.69, 9.17) is 0 Å². The van der Waals surface area contributed by atoms with Crippen molar-refractivity contribution in [3.63, 3.8) is 0 Å². The predicted octanol–water partition coefficient (Wildman–Crippen LogP) is 0.906. The van der Waals surface area contributed by atoms with E-state index in [1.807, 2.05) is 0 Å². The summed E-state index contributed by atoms with van der Waals surface area (Å²) in [4.78, 5) is 0. The Hall–Kier alpha value is -2.70. The summed E-state index contributed by atoms with van der Waals surface area (Å²) in [5.74, 6) is 0. The first-order valence-corrected chi connectivity index (χ1v) is 14.5. The first-order valence-electron chi connectivity index (χ1n) is 14.5. The van der Waals surface area contributed by atoms with Crippen LogP contribution in [0.15, 0.2) is 121 Å². The molecule has 0 saturated heterocycles. The molecule has 0 amide bonds. The van der Waals surface area contributed by atoms with Crippen molar-refractivity contribution in [3.8, 4) is 0 Å². The van der Waals surface area contributed by atoms with Gasteiger partial charge in [0, 0.05) is 42.7 Å². The molecule has 0 atom stereocenters. The molecule has 4 aromatic carbocycles. The molecule has 0 fully saturated rings. The molecule has 0 aliphatic heterocycles. The Kier molecular flexibility index (Phi) is 26.1. The van der Waals surface area contributed by atoms with Crippen molar-refractivity contribution in [2.45, 2.75) is 0 Å². The molecular formula is C36H50BLiO6. The van der Waals surface area contributed by atoms with Crippen LogP contribution >= 0.6 is 0 Å². The fraction of sp³-hybridized carbons (Fsp3) is 0.333. The van der Waals surface area contributed by atoms with Gasteiger partial charge >= 0.3 is 18.9 Å². The minimum atomic E-state index is -1.22. The zero-order chi connectivity index (χ0) is 31.4. The van der Waals surface area contributed by atoms with E-state index in [2.05, 4.69) is 150 Å². The molecule has 6 nitrogen and oxygen atoms in total. The van der Waals surface area contributed by atoms with Crippen LogP contribution in [0.4, 0.5) is 0 Å². The van der Waals surface area contributed by atoms with Crippen LogP contribution in [-0.4, -0.2) is 88.4 Å². The molecule has 0 aromatic heterocycles. The Balaban J connectivity index is 0.000000803. The number of ether oxygens (including phenoxy) is 6. The van der Waals surface area contributed by atoms with Gasteiger partial charge in [-0.2, -0.15) is 21.9 Å². The average Bonchev–Trinajstić information content (AvgIpc) is 3.08. The summed E-state index contributed by atoms with van der Waals surface area (Å²) < 4.78 is 27.9. The maximum absolute atomic E-state index is 4.66. The van der Waals surface area contributed by atoms with Crippen molar-refractivity contribution in [3.05, 3.63) is 121 Å². The maximum Gasteiger partial charge on any atom is 1.00 e. The monoisotopic (exact) mass is 596 g/mol. The van der Waals surface area contributed by atoms with Gasteiger partial charge in [-0.3, -0.25) is 0 Å². The van der Waals surface area contributed by atoms with Crippen molar-refractivity contribution < 1.29 is 47.3 Å². The molecule has 0 saturated carbocycles. The fourth-order valence-electron chi connectivity index (χ4n) is 4.62. The van der Waals surface area contributed by atoms with Crippen molar-refractivity contribution in [1.82, 2.24) is 0 Å². The van der Waals surface area contributed by atoms with Crippen LogP contribution in [0.5, 0.6) is 0 Å². The third-order valence-corrected chi connectivity index (χ3v) is 6.67. The van der Waals surface area contributed by atoms with E-state index in [9.17, 15) is 0 Å². The van der Waals surface area contributed by atoms with E-state index in [0.29, 0.717) is 39.6 Å². The Morgan fingerprint density at radius 2 is 0.477 bits per heavy atom. The largest absolute Gasteiger partial charge is 1.00 e. The van der Waals surface area contributed by atoms with E-state index in [-0.39, 0.29) is 18.9 Å². The van der Waals surface area contributed by atoms with Crippen LogP contribution in [0.25, 0.3) is 0 Å². The van der Waals surface area contributed by atoms with Crippen LogP contribution in [-0.2, 0) is 28.4 Å². The molecule has 0 bridgehead atoms. The zero-order valence-corrected chi connectivity index (χ0v) is 27.8.